The number of ether oxygens (including phenoxy) is 2. The van der Waals surface area contributed by atoms with Crippen molar-refractivity contribution in [3.05, 3.63) is 53.3 Å². The zero-order chi connectivity index (χ0) is 20.1. The van der Waals surface area contributed by atoms with Crippen molar-refractivity contribution in [3.63, 3.8) is 0 Å². The number of alkyl halides is 3. The molecule has 3 rings (SSSR count). The minimum Gasteiger partial charge on any atom is -0.480 e. The van der Waals surface area contributed by atoms with E-state index in [2.05, 4.69) is 15.4 Å². The Morgan fingerprint density at radius 1 is 1.10 bits per heavy atom. The Hall–Kier alpha value is -2.52. The molecule has 1 aliphatic rings. The average molecular weight is 435 g/mol. The fourth-order valence-corrected chi connectivity index (χ4v) is 2.81. The predicted octanol–water partition coefficient (Wildman–Crippen LogP) is 3.85. The van der Waals surface area contributed by atoms with Gasteiger partial charge in [-0.05, 0) is 42.3 Å². The van der Waals surface area contributed by atoms with Gasteiger partial charge in [0.25, 0.3) is 5.91 Å². The van der Waals surface area contributed by atoms with Gasteiger partial charge in [-0.2, -0.15) is 13.2 Å². The minimum absolute atomic E-state index is 0. The van der Waals surface area contributed by atoms with Crippen molar-refractivity contribution in [2.75, 3.05) is 25.1 Å². The van der Waals surface area contributed by atoms with Crippen LogP contribution in [0.1, 0.15) is 11.1 Å². The number of hydrogen-bond donors (Lipinski definition) is 2. The number of anilines is 1. The van der Waals surface area contributed by atoms with E-state index in [1.165, 1.54) is 30.3 Å². The van der Waals surface area contributed by atoms with Crippen LogP contribution in [-0.2, 0) is 17.8 Å². The molecule has 0 atom stereocenters. The quantitative estimate of drug-likeness (QED) is 0.678. The van der Waals surface area contributed by atoms with Crippen LogP contribution in [0.2, 0.25) is 0 Å². The third kappa shape index (κ3) is 6.23. The molecule has 1 aliphatic heterocycles. The van der Waals surface area contributed by atoms with E-state index in [1.807, 2.05) is 0 Å². The van der Waals surface area contributed by atoms with E-state index < -0.39 is 31.1 Å². The summed E-state index contributed by atoms with van der Waals surface area (Å²) < 4.78 is 61.4. The molecule has 0 saturated heterocycles. The molecule has 2 N–H and O–H groups in total. The number of fused-ring (bicyclic) bond motifs is 1. The Bertz CT molecular complexity index is 862. The second-order valence-corrected chi connectivity index (χ2v) is 6.18. The predicted molar refractivity (Wildman–Crippen MR) is 101 cm³/mol. The van der Waals surface area contributed by atoms with Gasteiger partial charge in [-0.1, -0.05) is 18.2 Å². The highest BCUT2D eigenvalue weighted by molar-refractivity contribution is 5.92. The summed E-state index contributed by atoms with van der Waals surface area (Å²) in [6, 6.07) is 8.91. The van der Waals surface area contributed by atoms with Crippen molar-refractivity contribution in [1.82, 2.24) is 5.32 Å². The molecule has 0 unspecified atom stereocenters. The first-order valence-electron chi connectivity index (χ1n) is 8.56. The zero-order valence-electron chi connectivity index (χ0n) is 15.1. The lowest BCUT2D eigenvalue weighted by molar-refractivity contribution is -0.153. The molecule has 1 amide bonds. The first-order chi connectivity index (χ1) is 13.3. The van der Waals surface area contributed by atoms with Gasteiger partial charge >= 0.3 is 6.18 Å². The van der Waals surface area contributed by atoms with Crippen LogP contribution in [0.15, 0.2) is 36.4 Å². The summed E-state index contributed by atoms with van der Waals surface area (Å²) in [6.45, 7) is -0.767. The van der Waals surface area contributed by atoms with Gasteiger partial charge in [-0.3, -0.25) is 4.79 Å². The molecule has 0 radical (unpaired) electrons. The van der Waals surface area contributed by atoms with Crippen LogP contribution in [0.4, 0.5) is 23.2 Å². The van der Waals surface area contributed by atoms with Crippen LogP contribution >= 0.6 is 12.4 Å². The smallest absolute Gasteiger partial charge is 0.422 e. The van der Waals surface area contributed by atoms with Gasteiger partial charge in [-0.15, -0.1) is 12.4 Å². The Labute approximate surface area is 170 Å². The Morgan fingerprint density at radius 3 is 2.48 bits per heavy atom. The van der Waals surface area contributed by atoms with E-state index in [0.717, 1.165) is 5.56 Å². The molecule has 2 aromatic carbocycles. The lowest BCUT2D eigenvalue weighted by Gasteiger charge is -2.19. The lowest BCUT2D eigenvalue weighted by Crippen LogP contribution is -2.26. The van der Waals surface area contributed by atoms with Gasteiger partial charge in [-0.25, -0.2) is 4.39 Å². The van der Waals surface area contributed by atoms with Gasteiger partial charge < -0.3 is 20.1 Å². The topological polar surface area (TPSA) is 59.6 Å². The van der Waals surface area contributed by atoms with Gasteiger partial charge in [0.15, 0.2) is 24.7 Å². The highest BCUT2D eigenvalue weighted by atomic mass is 35.5. The zero-order valence-corrected chi connectivity index (χ0v) is 16.0. The number of halogens is 5. The monoisotopic (exact) mass is 434 g/mol. The Balaban J connectivity index is 0.00000300. The largest absolute Gasteiger partial charge is 0.480 e. The summed E-state index contributed by atoms with van der Waals surface area (Å²) in [4.78, 5) is 12.1. The molecule has 1 heterocycles. The first kappa shape index (κ1) is 22.8. The molecule has 0 aliphatic carbocycles. The summed E-state index contributed by atoms with van der Waals surface area (Å²) in [5.74, 6) is -1.28. The fraction of sp³-hybridized carbons (Fsp3) is 0.316. The summed E-state index contributed by atoms with van der Waals surface area (Å²) >= 11 is 0. The van der Waals surface area contributed by atoms with Crippen LogP contribution < -0.4 is 20.1 Å². The van der Waals surface area contributed by atoms with Gasteiger partial charge in [0.2, 0.25) is 0 Å². The highest BCUT2D eigenvalue weighted by Gasteiger charge is 2.29. The van der Waals surface area contributed by atoms with Gasteiger partial charge in [0.05, 0.1) is 5.69 Å². The standard InChI is InChI=1S/C19H18F4N2O3.ClH/c20-18-13-7-8-24-9-12(13)5-6-14(18)25-17(26)10-27-15-3-1-2-4-16(15)28-11-19(21,22)23;/h1-6,24H,7-11H2,(H,25,26);1H. The second-order valence-electron chi connectivity index (χ2n) is 6.18. The molecular formula is C19H19ClF4N2O3. The molecule has 158 valence electrons. The maximum absolute atomic E-state index is 14.5. The molecular weight excluding hydrogens is 416 g/mol. The molecule has 5 nitrogen and oxygen atoms in total. The fourth-order valence-electron chi connectivity index (χ4n) is 2.81. The molecule has 0 spiro atoms. The SMILES string of the molecule is Cl.O=C(COc1ccccc1OCC(F)(F)F)Nc1ccc2c(c1F)CCNC2. The number of para-hydroxylation sites is 2. The second kappa shape index (κ2) is 9.80. The summed E-state index contributed by atoms with van der Waals surface area (Å²) in [5.41, 5.74) is 1.44. The normalized spacial score (nSPS) is 13.1. The van der Waals surface area contributed by atoms with Crippen molar-refractivity contribution in [3.8, 4) is 11.5 Å². The average Bonchev–Trinajstić information content (AvgIpc) is 2.67. The van der Waals surface area contributed by atoms with Crippen LogP contribution in [0.5, 0.6) is 11.5 Å². The molecule has 2 aromatic rings. The molecule has 29 heavy (non-hydrogen) atoms. The highest BCUT2D eigenvalue weighted by Crippen LogP contribution is 2.29. The lowest BCUT2D eigenvalue weighted by atomic mass is 9.99. The number of nitrogens with one attached hydrogen (secondary N) is 2. The third-order valence-electron chi connectivity index (χ3n) is 4.08. The molecule has 0 bridgehead atoms. The third-order valence-corrected chi connectivity index (χ3v) is 4.08. The molecule has 10 heteroatoms. The first-order valence-corrected chi connectivity index (χ1v) is 8.56. The van der Waals surface area contributed by atoms with Crippen LogP contribution in [0.3, 0.4) is 0 Å². The number of benzene rings is 2. The van der Waals surface area contributed by atoms with Crippen molar-refractivity contribution >= 4 is 24.0 Å². The van der Waals surface area contributed by atoms with Crippen LogP contribution in [0.25, 0.3) is 0 Å². The Morgan fingerprint density at radius 2 is 1.79 bits per heavy atom. The van der Waals surface area contributed by atoms with Crippen molar-refractivity contribution in [2.24, 2.45) is 0 Å². The van der Waals surface area contributed by atoms with Crippen LogP contribution in [0, 0.1) is 5.82 Å². The maximum Gasteiger partial charge on any atom is 0.422 e. The maximum atomic E-state index is 14.5. The number of carbonyl (C=O) groups is 1. The van der Waals surface area contributed by atoms with E-state index >= 15 is 0 Å². The number of amides is 1. The summed E-state index contributed by atoms with van der Waals surface area (Å²) in [6.07, 6.45) is -3.98. The van der Waals surface area contributed by atoms with E-state index in [9.17, 15) is 22.4 Å². The van der Waals surface area contributed by atoms with Crippen molar-refractivity contribution in [1.29, 1.82) is 0 Å². The van der Waals surface area contributed by atoms with Gasteiger partial charge in [0.1, 0.15) is 5.82 Å². The van der Waals surface area contributed by atoms with E-state index in [-0.39, 0.29) is 29.6 Å². The molecule has 0 fully saturated rings. The van der Waals surface area contributed by atoms with E-state index in [1.54, 1.807) is 6.07 Å². The van der Waals surface area contributed by atoms with Gasteiger partial charge in [0, 0.05) is 6.54 Å². The van der Waals surface area contributed by atoms with Crippen molar-refractivity contribution in [2.45, 2.75) is 19.1 Å². The summed E-state index contributed by atoms with van der Waals surface area (Å²) in [7, 11) is 0. The van der Waals surface area contributed by atoms with Crippen molar-refractivity contribution < 1.29 is 31.8 Å². The Kier molecular flexibility index (Phi) is 7.69. The number of hydrogen-bond acceptors (Lipinski definition) is 4. The summed E-state index contributed by atoms with van der Waals surface area (Å²) in [5, 5.41) is 5.56. The molecule has 0 saturated carbocycles. The van der Waals surface area contributed by atoms with Crippen LogP contribution in [-0.4, -0.2) is 31.8 Å². The van der Waals surface area contributed by atoms with E-state index in [4.69, 9.17) is 4.74 Å². The number of carbonyl (C=O) groups excluding carboxylic acids is 1. The minimum atomic E-state index is -4.50. The number of rotatable bonds is 6. The molecule has 0 aromatic heterocycles. The van der Waals surface area contributed by atoms with E-state index in [0.29, 0.717) is 25.1 Å².